The van der Waals surface area contributed by atoms with Crippen molar-refractivity contribution in [3.63, 3.8) is 0 Å². The fourth-order valence-electron chi connectivity index (χ4n) is 4.30. The molecule has 0 bridgehead atoms. The first-order valence-electron chi connectivity index (χ1n) is 10.4. The number of nitrogens with one attached hydrogen (secondary N) is 1. The average Bonchev–Trinajstić information content (AvgIpc) is 3.30. The highest BCUT2D eigenvalue weighted by molar-refractivity contribution is 6.06. The minimum absolute atomic E-state index is 0.137. The van der Waals surface area contributed by atoms with Gasteiger partial charge in [0.25, 0.3) is 5.91 Å². The van der Waals surface area contributed by atoms with Gasteiger partial charge in [-0.05, 0) is 68.8 Å². The summed E-state index contributed by atoms with van der Waals surface area (Å²) >= 11 is 0. The summed E-state index contributed by atoms with van der Waals surface area (Å²) in [5, 5.41) is 3.96. The lowest BCUT2D eigenvalue weighted by atomic mass is 10.1. The average molecular weight is 399 g/mol. The maximum Gasteiger partial charge on any atom is 0.255 e. The molecular formula is C24H25N5O. The van der Waals surface area contributed by atoms with Crippen molar-refractivity contribution in [1.29, 1.82) is 0 Å². The van der Waals surface area contributed by atoms with Crippen LogP contribution in [-0.4, -0.2) is 37.9 Å². The van der Waals surface area contributed by atoms with Crippen LogP contribution in [0.15, 0.2) is 54.7 Å². The molecule has 1 amide bonds. The minimum Gasteiger partial charge on any atom is -0.330 e. The van der Waals surface area contributed by atoms with Gasteiger partial charge in [0.1, 0.15) is 5.82 Å². The highest BCUT2D eigenvalue weighted by Gasteiger charge is 2.22. The molecule has 1 N–H and O–H groups in total. The van der Waals surface area contributed by atoms with Crippen molar-refractivity contribution in [1.82, 2.24) is 19.4 Å². The fourth-order valence-corrected chi connectivity index (χ4v) is 4.30. The van der Waals surface area contributed by atoms with Gasteiger partial charge in [-0.2, -0.15) is 0 Å². The fraction of sp³-hybridized carbons (Fsp3) is 0.292. The number of rotatable bonds is 4. The Hall–Kier alpha value is -3.25. The summed E-state index contributed by atoms with van der Waals surface area (Å²) in [6.07, 6.45) is 4.26. The SMILES string of the molecule is CC1CCCN1Cc1nc2cc(NC(=O)c3ccc4ncccc4c3)ccc2n1C. The monoisotopic (exact) mass is 399 g/mol. The number of hydrogen-bond donors (Lipinski definition) is 1. The van der Waals surface area contributed by atoms with Crippen molar-refractivity contribution in [2.75, 3.05) is 11.9 Å². The van der Waals surface area contributed by atoms with Crippen molar-refractivity contribution in [2.45, 2.75) is 32.4 Å². The molecule has 6 nitrogen and oxygen atoms in total. The van der Waals surface area contributed by atoms with Gasteiger partial charge in [0.05, 0.1) is 23.1 Å². The lowest BCUT2D eigenvalue weighted by Crippen LogP contribution is -2.27. The van der Waals surface area contributed by atoms with Crippen LogP contribution in [0.1, 0.15) is 35.9 Å². The van der Waals surface area contributed by atoms with Gasteiger partial charge in [-0.1, -0.05) is 6.07 Å². The van der Waals surface area contributed by atoms with Crippen LogP contribution in [0, 0.1) is 0 Å². The van der Waals surface area contributed by atoms with Gasteiger partial charge in [0.2, 0.25) is 0 Å². The second kappa shape index (κ2) is 7.54. The Balaban J connectivity index is 1.38. The number of carbonyl (C=O) groups is 1. The molecule has 1 saturated heterocycles. The quantitative estimate of drug-likeness (QED) is 0.554. The number of amides is 1. The van der Waals surface area contributed by atoms with Crippen LogP contribution in [0.2, 0.25) is 0 Å². The van der Waals surface area contributed by atoms with Gasteiger partial charge in [-0.25, -0.2) is 4.98 Å². The molecule has 2 aromatic carbocycles. The van der Waals surface area contributed by atoms with E-state index in [1.165, 1.54) is 12.8 Å². The van der Waals surface area contributed by atoms with E-state index in [9.17, 15) is 4.79 Å². The van der Waals surface area contributed by atoms with Gasteiger partial charge in [0.15, 0.2) is 0 Å². The third-order valence-corrected chi connectivity index (χ3v) is 6.13. The van der Waals surface area contributed by atoms with E-state index in [0.29, 0.717) is 11.6 Å². The van der Waals surface area contributed by atoms with E-state index in [2.05, 4.69) is 33.7 Å². The van der Waals surface area contributed by atoms with E-state index in [-0.39, 0.29) is 5.91 Å². The highest BCUT2D eigenvalue weighted by Crippen LogP contribution is 2.24. The number of aryl methyl sites for hydroxylation is 1. The van der Waals surface area contributed by atoms with Gasteiger partial charge in [-0.15, -0.1) is 0 Å². The summed E-state index contributed by atoms with van der Waals surface area (Å²) in [6, 6.07) is 15.9. The van der Waals surface area contributed by atoms with Gasteiger partial charge in [0, 0.05) is 35.9 Å². The number of pyridine rings is 1. The summed E-state index contributed by atoms with van der Waals surface area (Å²) in [7, 11) is 2.06. The molecule has 1 fully saturated rings. The van der Waals surface area contributed by atoms with E-state index < -0.39 is 0 Å². The van der Waals surface area contributed by atoms with E-state index in [4.69, 9.17) is 4.98 Å². The smallest absolute Gasteiger partial charge is 0.255 e. The Morgan fingerprint density at radius 3 is 2.90 bits per heavy atom. The number of fused-ring (bicyclic) bond motifs is 2. The molecule has 1 aliphatic rings. The van der Waals surface area contributed by atoms with Crippen LogP contribution in [0.3, 0.4) is 0 Å². The standard InChI is InChI=1S/C24H25N5O/c1-16-5-4-12-29(16)15-23-27-21-14-19(8-10-22(21)28(23)2)26-24(30)18-7-9-20-17(13-18)6-3-11-25-20/h3,6-11,13-14,16H,4-5,12,15H2,1-2H3,(H,26,30). The Bertz CT molecular complexity index is 1250. The molecule has 4 aromatic rings. The summed E-state index contributed by atoms with van der Waals surface area (Å²) in [6.45, 7) is 4.28. The minimum atomic E-state index is -0.137. The van der Waals surface area contributed by atoms with Crippen LogP contribution in [0.4, 0.5) is 5.69 Å². The van der Waals surface area contributed by atoms with E-state index in [1.807, 2.05) is 42.5 Å². The third-order valence-electron chi connectivity index (χ3n) is 6.13. The summed E-state index contributed by atoms with van der Waals surface area (Å²) in [5.41, 5.74) is 4.22. The molecule has 5 rings (SSSR count). The Labute approximate surface area is 175 Å². The zero-order chi connectivity index (χ0) is 20.7. The van der Waals surface area contributed by atoms with Gasteiger partial charge >= 0.3 is 0 Å². The number of likely N-dealkylation sites (tertiary alicyclic amines) is 1. The normalized spacial score (nSPS) is 17.1. The molecule has 0 radical (unpaired) electrons. The molecule has 0 spiro atoms. The van der Waals surface area contributed by atoms with Crippen molar-refractivity contribution >= 4 is 33.5 Å². The molecule has 30 heavy (non-hydrogen) atoms. The predicted molar refractivity (Wildman–Crippen MR) is 120 cm³/mol. The molecular weight excluding hydrogens is 374 g/mol. The van der Waals surface area contributed by atoms with Crippen molar-refractivity contribution < 1.29 is 4.79 Å². The molecule has 0 saturated carbocycles. The number of aromatic nitrogens is 3. The predicted octanol–water partition coefficient (Wildman–Crippen LogP) is 4.36. The second-order valence-corrected chi connectivity index (χ2v) is 8.12. The second-order valence-electron chi connectivity index (χ2n) is 8.12. The maximum atomic E-state index is 12.8. The van der Waals surface area contributed by atoms with Crippen LogP contribution in [0.5, 0.6) is 0 Å². The summed E-state index contributed by atoms with van der Waals surface area (Å²) in [4.78, 5) is 24.4. The molecule has 2 aromatic heterocycles. The lowest BCUT2D eigenvalue weighted by molar-refractivity contribution is 0.102. The molecule has 0 aliphatic carbocycles. The van der Waals surface area contributed by atoms with Gasteiger partial charge < -0.3 is 9.88 Å². The first-order valence-corrected chi connectivity index (χ1v) is 10.4. The molecule has 1 unspecified atom stereocenters. The Morgan fingerprint density at radius 2 is 2.07 bits per heavy atom. The van der Waals surface area contributed by atoms with Crippen LogP contribution >= 0.6 is 0 Å². The van der Waals surface area contributed by atoms with Crippen LogP contribution in [0.25, 0.3) is 21.9 Å². The van der Waals surface area contributed by atoms with Crippen molar-refractivity contribution in [2.24, 2.45) is 7.05 Å². The molecule has 1 aliphatic heterocycles. The van der Waals surface area contributed by atoms with E-state index in [1.54, 1.807) is 12.3 Å². The maximum absolute atomic E-state index is 12.8. The van der Waals surface area contributed by atoms with Crippen LogP contribution in [-0.2, 0) is 13.6 Å². The molecule has 6 heteroatoms. The molecule has 3 heterocycles. The van der Waals surface area contributed by atoms with E-state index in [0.717, 1.165) is 46.5 Å². The van der Waals surface area contributed by atoms with Gasteiger partial charge in [-0.3, -0.25) is 14.7 Å². The number of nitrogens with zero attached hydrogens (tertiary/aromatic N) is 4. The number of imidazole rings is 1. The largest absolute Gasteiger partial charge is 0.330 e. The van der Waals surface area contributed by atoms with Crippen molar-refractivity contribution in [3.8, 4) is 0 Å². The number of hydrogen-bond acceptors (Lipinski definition) is 4. The zero-order valence-corrected chi connectivity index (χ0v) is 17.3. The van der Waals surface area contributed by atoms with Crippen molar-refractivity contribution in [3.05, 3.63) is 66.1 Å². The zero-order valence-electron chi connectivity index (χ0n) is 17.3. The summed E-state index contributed by atoms with van der Waals surface area (Å²) < 4.78 is 2.16. The lowest BCUT2D eigenvalue weighted by Gasteiger charge is -2.20. The molecule has 152 valence electrons. The summed E-state index contributed by atoms with van der Waals surface area (Å²) in [5.74, 6) is 0.923. The first kappa shape index (κ1) is 18.8. The third kappa shape index (κ3) is 3.44. The number of carbonyl (C=O) groups excluding carboxylic acids is 1. The Kier molecular flexibility index (Phi) is 4.71. The Morgan fingerprint density at radius 1 is 1.17 bits per heavy atom. The first-order chi connectivity index (χ1) is 14.6. The van der Waals surface area contributed by atoms with E-state index >= 15 is 0 Å². The molecule has 1 atom stereocenters. The topological polar surface area (TPSA) is 63.1 Å². The number of anilines is 1. The number of benzene rings is 2. The van der Waals surface area contributed by atoms with Crippen LogP contribution < -0.4 is 5.32 Å². The highest BCUT2D eigenvalue weighted by atomic mass is 16.1.